The molecule has 0 saturated carbocycles. The Labute approximate surface area is 110 Å². The van der Waals surface area contributed by atoms with Crippen LogP contribution in [0.25, 0.3) is 0 Å². The lowest BCUT2D eigenvalue weighted by Crippen LogP contribution is -2.37. The van der Waals surface area contributed by atoms with E-state index in [1.54, 1.807) is 4.50 Å². The van der Waals surface area contributed by atoms with E-state index in [4.69, 9.17) is 9.47 Å². The first-order valence-electron chi connectivity index (χ1n) is 6.38. The van der Waals surface area contributed by atoms with Crippen LogP contribution in [0.3, 0.4) is 0 Å². The molecular weight excluding hydrogens is 248 g/mol. The Hall–Kier alpha value is -0.163. The fraction of sp³-hybridized carbons (Fsp3) is 0.692. The van der Waals surface area contributed by atoms with Crippen molar-refractivity contribution in [3.8, 4) is 0 Å². The predicted molar refractivity (Wildman–Crippen MR) is 77.9 cm³/mol. The molecule has 0 spiro atoms. The van der Waals surface area contributed by atoms with Crippen LogP contribution < -0.4 is 4.50 Å². The van der Waals surface area contributed by atoms with Gasteiger partial charge in [0.1, 0.15) is 0 Å². The van der Waals surface area contributed by atoms with Crippen LogP contribution in [0.15, 0.2) is 12.1 Å². The maximum atomic E-state index is 5.63. The molecule has 0 atom stereocenters. The number of ether oxygens (including phenoxy) is 2. The van der Waals surface area contributed by atoms with E-state index in [1.165, 1.54) is 10.9 Å². The Bertz CT molecular complexity index is 330. The van der Waals surface area contributed by atoms with Crippen LogP contribution in [-0.4, -0.2) is 21.3 Å². The molecule has 1 aromatic heterocycles. The zero-order valence-corrected chi connectivity index (χ0v) is 13.4. The quantitative estimate of drug-likeness (QED) is 0.556. The molecule has 0 amide bonds. The summed E-state index contributed by atoms with van der Waals surface area (Å²) in [5, 5.41) is 0. The second-order valence-corrected chi connectivity index (χ2v) is 11.2. The lowest BCUT2D eigenvalue weighted by Gasteiger charge is -2.18. The number of rotatable bonds is 7. The molecule has 0 radical (unpaired) electrons. The van der Waals surface area contributed by atoms with Crippen LogP contribution >= 0.6 is 11.3 Å². The smallest absolute Gasteiger partial charge is 0.193 e. The van der Waals surface area contributed by atoms with Gasteiger partial charge in [-0.15, -0.1) is 11.3 Å². The van der Waals surface area contributed by atoms with Crippen LogP contribution in [0.1, 0.15) is 31.9 Å². The van der Waals surface area contributed by atoms with Crippen molar-refractivity contribution in [2.45, 2.75) is 46.2 Å². The van der Waals surface area contributed by atoms with Gasteiger partial charge >= 0.3 is 0 Å². The first-order chi connectivity index (χ1) is 8.05. The lowest BCUT2D eigenvalue weighted by atomic mass is 10.4. The highest BCUT2D eigenvalue weighted by Crippen LogP contribution is 2.25. The second kappa shape index (κ2) is 6.68. The first kappa shape index (κ1) is 14.9. The monoisotopic (exact) mass is 272 g/mol. The fourth-order valence-electron chi connectivity index (χ4n) is 1.53. The van der Waals surface area contributed by atoms with Crippen molar-refractivity contribution in [2.24, 2.45) is 0 Å². The van der Waals surface area contributed by atoms with Gasteiger partial charge in [-0.1, -0.05) is 32.1 Å². The highest BCUT2D eigenvalue weighted by atomic mass is 32.1. The van der Waals surface area contributed by atoms with E-state index in [0.717, 1.165) is 0 Å². The summed E-state index contributed by atoms with van der Waals surface area (Å²) in [6.45, 7) is 12.5. The molecule has 0 aliphatic rings. The highest BCUT2D eigenvalue weighted by molar-refractivity contribution is 7.26. The van der Waals surface area contributed by atoms with E-state index in [-0.39, 0.29) is 6.29 Å². The third kappa shape index (κ3) is 3.91. The predicted octanol–water partition coefficient (Wildman–Crippen LogP) is 3.76. The van der Waals surface area contributed by atoms with E-state index >= 15 is 0 Å². The topological polar surface area (TPSA) is 18.5 Å². The molecule has 1 heterocycles. The normalized spacial score (nSPS) is 12.4. The lowest BCUT2D eigenvalue weighted by molar-refractivity contribution is -0.138. The van der Waals surface area contributed by atoms with E-state index < -0.39 is 8.07 Å². The molecule has 1 rings (SSSR count). The summed E-state index contributed by atoms with van der Waals surface area (Å²) >= 11 is 1.86. The minimum atomic E-state index is -1.22. The van der Waals surface area contributed by atoms with Crippen molar-refractivity contribution < 1.29 is 9.47 Å². The molecule has 98 valence electrons. The van der Waals surface area contributed by atoms with E-state index in [9.17, 15) is 0 Å². The second-order valence-electron chi connectivity index (χ2n) is 4.68. The summed E-state index contributed by atoms with van der Waals surface area (Å²) in [7, 11) is -1.22. The molecule has 0 aromatic carbocycles. The van der Waals surface area contributed by atoms with Gasteiger partial charge in [0.15, 0.2) is 6.29 Å². The van der Waals surface area contributed by atoms with Crippen LogP contribution in [0.5, 0.6) is 0 Å². The fourth-order valence-corrected chi connectivity index (χ4v) is 5.07. The summed E-state index contributed by atoms with van der Waals surface area (Å²) in [5.41, 5.74) is 0. The molecule has 0 aliphatic carbocycles. The summed E-state index contributed by atoms with van der Waals surface area (Å²) in [5.74, 6) is 0. The number of hydrogen-bond acceptors (Lipinski definition) is 3. The van der Waals surface area contributed by atoms with Crippen molar-refractivity contribution in [3.63, 3.8) is 0 Å². The Morgan fingerprint density at radius 3 is 2.18 bits per heavy atom. The number of thiophene rings is 1. The van der Waals surface area contributed by atoms with Crippen LogP contribution in [-0.2, 0) is 9.47 Å². The molecule has 0 fully saturated rings. The van der Waals surface area contributed by atoms with Gasteiger partial charge in [0.05, 0.1) is 13.0 Å². The Kier molecular flexibility index (Phi) is 5.86. The standard InChI is InChI=1S/C13H24O2SSi/c1-6-14-13(15-7-2)11-9-10-12(16-11)17(4,5)8-3/h9-10,13H,6-8H2,1-5H3. The maximum absolute atomic E-state index is 5.63. The van der Waals surface area contributed by atoms with Gasteiger partial charge in [-0.05, 0) is 24.4 Å². The minimum Gasteiger partial charge on any atom is -0.348 e. The first-order valence-corrected chi connectivity index (χ1v) is 10.4. The average Bonchev–Trinajstić information content (AvgIpc) is 2.78. The summed E-state index contributed by atoms with van der Waals surface area (Å²) in [6.07, 6.45) is -0.176. The van der Waals surface area contributed by atoms with E-state index in [0.29, 0.717) is 13.2 Å². The van der Waals surface area contributed by atoms with Crippen molar-refractivity contribution in [2.75, 3.05) is 13.2 Å². The summed E-state index contributed by atoms with van der Waals surface area (Å²) < 4.78 is 12.8. The Balaban J connectivity index is 2.84. The molecular formula is C13H24O2SSi. The summed E-state index contributed by atoms with van der Waals surface area (Å²) in [4.78, 5) is 1.21. The van der Waals surface area contributed by atoms with Gasteiger partial charge in [0.25, 0.3) is 0 Å². The van der Waals surface area contributed by atoms with Gasteiger partial charge in [0, 0.05) is 13.2 Å². The molecule has 0 aliphatic heterocycles. The van der Waals surface area contributed by atoms with Gasteiger partial charge in [-0.2, -0.15) is 0 Å². The van der Waals surface area contributed by atoms with Crippen molar-refractivity contribution >= 4 is 23.9 Å². The Morgan fingerprint density at radius 1 is 1.12 bits per heavy atom. The zero-order valence-electron chi connectivity index (χ0n) is 11.6. The number of hydrogen-bond donors (Lipinski definition) is 0. The molecule has 0 saturated heterocycles. The van der Waals surface area contributed by atoms with Crippen LogP contribution in [0.4, 0.5) is 0 Å². The van der Waals surface area contributed by atoms with Gasteiger partial charge in [-0.3, -0.25) is 0 Å². The van der Waals surface area contributed by atoms with Crippen LogP contribution in [0.2, 0.25) is 19.1 Å². The molecule has 2 nitrogen and oxygen atoms in total. The largest absolute Gasteiger partial charge is 0.348 e. The SMILES string of the molecule is CCOC(OCC)c1ccc([Si](C)(C)CC)s1. The zero-order chi connectivity index (χ0) is 12.9. The van der Waals surface area contributed by atoms with Gasteiger partial charge < -0.3 is 9.47 Å². The van der Waals surface area contributed by atoms with E-state index in [1.807, 2.05) is 25.2 Å². The molecule has 0 N–H and O–H groups in total. The van der Waals surface area contributed by atoms with Crippen LogP contribution in [0, 0.1) is 0 Å². The summed E-state index contributed by atoms with van der Waals surface area (Å²) in [6, 6.07) is 5.71. The molecule has 0 bridgehead atoms. The molecule has 17 heavy (non-hydrogen) atoms. The highest BCUT2D eigenvalue weighted by Gasteiger charge is 2.24. The van der Waals surface area contributed by atoms with Crippen molar-refractivity contribution in [3.05, 3.63) is 17.0 Å². The molecule has 0 unspecified atom stereocenters. The van der Waals surface area contributed by atoms with Crippen molar-refractivity contribution in [1.29, 1.82) is 0 Å². The maximum Gasteiger partial charge on any atom is 0.193 e. The molecule has 4 heteroatoms. The third-order valence-electron chi connectivity index (χ3n) is 3.05. The van der Waals surface area contributed by atoms with Crippen molar-refractivity contribution in [1.82, 2.24) is 0 Å². The Morgan fingerprint density at radius 2 is 1.71 bits per heavy atom. The van der Waals surface area contributed by atoms with Gasteiger partial charge in [-0.25, -0.2) is 0 Å². The van der Waals surface area contributed by atoms with Gasteiger partial charge in [0.2, 0.25) is 0 Å². The average molecular weight is 272 g/mol. The molecule has 1 aromatic rings. The third-order valence-corrected chi connectivity index (χ3v) is 9.20. The minimum absolute atomic E-state index is 0.176. The van der Waals surface area contributed by atoms with E-state index in [2.05, 4.69) is 32.2 Å².